The number of nitrogens with one attached hydrogen (secondary N) is 1. The van der Waals surface area contributed by atoms with Crippen LogP contribution in [0.5, 0.6) is 0 Å². The minimum absolute atomic E-state index is 0.0715. The number of rotatable bonds is 9. The third kappa shape index (κ3) is 6.10. The summed E-state index contributed by atoms with van der Waals surface area (Å²) in [6.45, 7) is 2.51. The lowest BCUT2D eigenvalue weighted by atomic mass is 9.90. The Bertz CT molecular complexity index is 1390. The zero-order chi connectivity index (χ0) is 26.5. The van der Waals surface area contributed by atoms with Gasteiger partial charge in [-0.25, -0.2) is 9.37 Å². The molecule has 38 heavy (non-hydrogen) atoms. The third-order valence-electron chi connectivity index (χ3n) is 7.22. The molecule has 3 aromatic carbocycles. The largest absolute Gasteiger partial charge is 0.337 e. The molecule has 5 rings (SSSR count). The first-order chi connectivity index (χ1) is 18.5. The highest BCUT2D eigenvalue weighted by molar-refractivity contribution is 8.00. The number of hydrogen-bond acceptors (Lipinski definition) is 4. The van der Waals surface area contributed by atoms with E-state index in [1.54, 1.807) is 24.2 Å². The van der Waals surface area contributed by atoms with E-state index < -0.39 is 0 Å². The number of hydrogen-bond donors (Lipinski definition) is 1. The average molecular weight is 529 g/mol. The monoisotopic (exact) mass is 528 g/mol. The van der Waals surface area contributed by atoms with Crippen molar-refractivity contribution in [3.8, 4) is 0 Å². The minimum Gasteiger partial charge on any atom is -0.337 e. The summed E-state index contributed by atoms with van der Waals surface area (Å²) in [5.74, 6) is 0.753. The maximum atomic E-state index is 13.8. The number of halogens is 1. The molecular formula is C31H33FN4OS. The molecule has 0 aliphatic heterocycles. The Labute approximate surface area is 228 Å². The van der Waals surface area contributed by atoms with Gasteiger partial charge in [0.15, 0.2) is 0 Å². The molecule has 5 nitrogen and oxygen atoms in total. The lowest BCUT2D eigenvalue weighted by molar-refractivity contribution is -0.119. The molecule has 1 amide bonds. The molecule has 1 aliphatic rings. The molecule has 0 fully saturated rings. The van der Waals surface area contributed by atoms with Gasteiger partial charge in [-0.05, 0) is 84.2 Å². The van der Waals surface area contributed by atoms with Crippen molar-refractivity contribution in [2.45, 2.75) is 50.3 Å². The fraction of sp³-hybridized carbons (Fsp3) is 0.290. The van der Waals surface area contributed by atoms with Crippen LogP contribution < -0.4 is 9.62 Å². The Hall–Kier alpha value is -3.58. The minimum atomic E-state index is -0.255. The summed E-state index contributed by atoms with van der Waals surface area (Å²) in [6, 6.07) is 23.1. The summed E-state index contributed by atoms with van der Waals surface area (Å²) in [5.41, 5.74) is 5.33. The Morgan fingerprint density at radius 2 is 2.00 bits per heavy atom. The summed E-state index contributed by atoms with van der Waals surface area (Å²) in [5, 5.41) is 0.204. The van der Waals surface area contributed by atoms with Crippen molar-refractivity contribution in [3.05, 3.63) is 114 Å². The maximum absolute atomic E-state index is 13.8. The third-order valence-corrected chi connectivity index (χ3v) is 8.34. The Balaban J connectivity index is 1.41. The van der Waals surface area contributed by atoms with Gasteiger partial charge in [0, 0.05) is 42.5 Å². The summed E-state index contributed by atoms with van der Waals surface area (Å²) in [6.07, 6.45) is 7.21. The Kier molecular flexibility index (Phi) is 8.13. The van der Waals surface area contributed by atoms with E-state index in [4.69, 9.17) is 0 Å². The van der Waals surface area contributed by atoms with Gasteiger partial charge < -0.3 is 14.2 Å². The van der Waals surface area contributed by atoms with Crippen LogP contribution in [-0.4, -0.2) is 15.5 Å². The topological polar surface area (TPSA) is 50.2 Å². The number of fused-ring (bicyclic) bond motifs is 1. The second kappa shape index (κ2) is 11.9. The van der Waals surface area contributed by atoms with Crippen molar-refractivity contribution in [1.82, 2.24) is 9.55 Å². The molecule has 1 aliphatic carbocycles. The summed E-state index contributed by atoms with van der Waals surface area (Å²) in [7, 11) is 1.95. The van der Waals surface area contributed by atoms with Crippen LogP contribution in [0.3, 0.4) is 0 Å². The molecule has 0 spiro atoms. The molecule has 0 saturated heterocycles. The SMILES string of the molecule is C[C@@H](CC(=O)N(Cc1nccn1C)c1ccc2c(c1)C(SNc1cccc(F)c1)CCC2)c1ccccc1. The molecule has 4 aromatic rings. The van der Waals surface area contributed by atoms with Crippen molar-refractivity contribution in [2.24, 2.45) is 7.05 Å². The standard InChI is InChI=1S/C31H33FN4OS/c1-22(23-8-4-3-5-9-23)18-31(37)36(21-30-33-16-17-35(30)2)27-15-14-24-10-6-13-29(28(24)20-27)38-34-26-12-7-11-25(32)19-26/h3-5,7-9,11-12,14-17,19-20,22,29,34H,6,10,13,18,21H2,1-2H3/t22-,29?/m0/s1. The number of carbonyl (C=O) groups excluding carboxylic acids is 1. The van der Waals surface area contributed by atoms with Gasteiger partial charge in [-0.15, -0.1) is 0 Å². The second-order valence-electron chi connectivity index (χ2n) is 9.94. The average Bonchev–Trinajstić information content (AvgIpc) is 3.34. The van der Waals surface area contributed by atoms with E-state index in [0.717, 1.165) is 42.0 Å². The van der Waals surface area contributed by atoms with Crippen molar-refractivity contribution in [1.29, 1.82) is 0 Å². The van der Waals surface area contributed by atoms with Gasteiger partial charge in [0.25, 0.3) is 0 Å². The number of carbonyl (C=O) groups is 1. The van der Waals surface area contributed by atoms with E-state index in [9.17, 15) is 9.18 Å². The molecule has 0 saturated carbocycles. The van der Waals surface area contributed by atoms with Crippen LogP contribution in [-0.2, 0) is 24.8 Å². The first-order valence-corrected chi connectivity index (χ1v) is 14.0. The number of amides is 1. The highest BCUT2D eigenvalue weighted by Gasteiger charge is 2.26. The van der Waals surface area contributed by atoms with Crippen molar-refractivity contribution in [3.63, 3.8) is 0 Å². The Morgan fingerprint density at radius 1 is 1.16 bits per heavy atom. The predicted octanol–water partition coefficient (Wildman–Crippen LogP) is 7.42. The first-order valence-electron chi connectivity index (χ1n) is 13.1. The van der Waals surface area contributed by atoms with E-state index in [2.05, 4.69) is 47.0 Å². The number of imidazole rings is 1. The molecule has 0 bridgehead atoms. The van der Waals surface area contributed by atoms with Crippen molar-refractivity contribution in [2.75, 3.05) is 9.62 Å². The maximum Gasteiger partial charge on any atom is 0.228 e. The van der Waals surface area contributed by atoms with Crippen LogP contribution in [0, 0.1) is 5.82 Å². The molecule has 1 N–H and O–H groups in total. The number of anilines is 2. The van der Waals surface area contributed by atoms with Crippen molar-refractivity contribution >= 4 is 29.2 Å². The van der Waals surface area contributed by atoms with E-state index in [-0.39, 0.29) is 22.9 Å². The van der Waals surface area contributed by atoms with Crippen molar-refractivity contribution < 1.29 is 9.18 Å². The fourth-order valence-corrected chi connectivity index (χ4v) is 6.05. The van der Waals surface area contributed by atoms with Crippen LogP contribution in [0.2, 0.25) is 0 Å². The van der Waals surface area contributed by atoms with E-state index in [0.29, 0.717) is 13.0 Å². The summed E-state index contributed by atoms with van der Waals surface area (Å²) >= 11 is 1.61. The molecular weight excluding hydrogens is 495 g/mol. The molecule has 7 heteroatoms. The van der Waals surface area contributed by atoms with Gasteiger partial charge in [0.05, 0.1) is 6.54 Å². The van der Waals surface area contributed by atoms with Gasteiger partial charge in [0.2, 0.25) is 5.91 Å². The van der Waals surface area contributed by atoms with E-state index in [1.807, 2.05) is 47.0 Å². The fourth-order valence-electron chi connectivity index (χ4n) is 5.01. The van der Waals surface area contributed by atoms with E-state index in [1.165, 1.54) is 23.3 Å². The van der Waals surface area contributed by atoms with E-state index >= 15 is 0 Å². The van der Waals surface area contributed by atoms with Gasteiger partial charge in [0.1, 0.15) is 11.6 Å². The molecule has 1 heterocycles. The first kappa shape index (κ1) is 26.0. The molecule has 196 valence electrons. The zero-order valence-electron chi connectivity index (χ0n) is 21.8. The van der Waals surface area contributed by atoms with Crippen LogP contribution in [0.15, 0.2) is 85.2 Å². The quantitative estimate of drug-likeness (QED) is 0.230. The lowest BCUT2D eigenvalue weighted by Crippen LogP contribution is -2.32. The highest BCUT2D eigenvalue weighted by Crippen LogP contribution is 2.42. The normalized spacial score (nSPS) is 15.5. The summed E-state index contributed by atoms with van der Waals surface area (Å²) < 4.78 is 19.0. The van der Waals surface area contributed by atoms with Crippen LogP contribution >= 0.6 is 11.9 Å². The lowest BCUT2D eigenvalue weighted by Gasteiger charge is -2.29. The smallest absolute Gasteiger partial charge is 0.228 e. The highest BCUT2D eigenvalue weighted by atomic mass is 32.2. The van der Waals surface area contributed by atoms with Crippen LogP contribution in [0.1, 0.15) is 59.9 Å². The van der Waals surface area contributed by atoms with Crippen LogP contribution in [0.25, 0.3) is 0 Å². The van der Waals surface area contributed by atoms with Gasteiger partial charge >= 0.3 is 0 Å². The number of aromatic nitrogens is 2. The number of aryl methyl sites for hydroxylation is 2. The van der Waals surface area contributed by atoms with Gasteiger partial charge in [-0.3, -0.25) is 4.79 Å². The van der Waals surface area contributed by atoms with Crippen LogP contribution in [0.4, 0.5) is 15.8 Å². The van der Waals surface area contributed by atoms with Gasteiger partial charge in [-0.1, -0.05) is 49.4 Å². The molecule has 1 aromatic heterocycles. The molecule has 2 atom stereocenters. The second-order valence-corrected chi connectivity index (χ2v) is 11.0. The number of benzene rings is 3. The zero-order valence-corrected chi connectivity index (χ0v) is 22.6. The van der Waals surface area contributed by atoms with Gasteiger partial charge in [-0.2, -0.15) is 0 Å². The molecule has 0 radical (unpaired) electrons. The number of nitrogens with zero attached hydrogens (tertiary/aromatic N) is 3. The summed E-state index contributed by atoms with van der Waals surface area (Å²) in [4.78, 5) is 20.2. The predicted molar refractivity (Wildman–Crippen MR) is 154 cm³/mol. The Morgan fingerprint density at radius 3 is 2.76 bits per heavy atom. The molecule has 1 unspecified atom stereocenters.